The highest BCUT2D eigenvalue weighted by Crippen LogP contribution is 2.46. The van der Waals surface area contributed by atoms with Gasteiger partial charge < -0.3 is 20.9 Å². The number of hydrogen-bond donors (Lipinski definition) is 2. The van der Waals surface area contributed by atoms with E-state index in [-0.39, 0.29) is 11.9 Å². The number of fused-ring (bicyclic) bond motifs is 1. The van der Waals surface area contributed by atoms with Crippen LogP contribution in [0, 0.1) is 11.8 Å². The topological polar surface area (TPSA) is 78.7 Å². The smallest absolute Gasteiger partial charge is 0.314 e. The number of nitrogens with zero attached hydrogens (tertiary/aromatic N) is 2. The lowest BCUT2D eigenvalue weighted by atomic mass is 9.76. The van der Waals surface area contributed by atoms with Crippen molar-refractivity contribution in [3.8, 4) is 0 Å². The van der Waals surface area contributed by atoms with Gasteiger partial charge in [0.1, 0.15) is 0 Å². The first-order valence-electron chi connectivity index (χ1n) is 13.3. The van der Waals surface area contributed by atoms with E-state index in [0.29, 0.717) is 37.3 Å². The molecule has 6 nitrogen and oxygen atoms in total. The van der Waals surface area contributed by atoms with Gasteiger partial charge in [-0.05, 0) is 108 Å². The van der Waals surface area contributed by atoms with Gasteiger partial charge in [-0.3, -0.25) is 4.79 Å². The van der Waals surface area contributed by atoms with E-state index in [2.05, 4.69) is 54.2 Å². The van der Waals surface area contributed by atoms with Crippen molar-refractivity contribution in [2.45, 2.75) is 57.3 Å². The Labute approximate surface area is 242 Å². The zero-order valence-corrected chi connectivity index (χ0v) is 25.4. The Hall–Kier alpha value is -1.51. The van der Waals surface area contributed by atoms with Crippen molar-refractivity contribution in [1.82, 2.24) is 15.1 Å². The summed E-state index contributed by atoms with van der Waals surface area (Å²) in [7, 11) is 1.91. The Kier molecular flexibility index (Phi) is 10.0. The van der Waals surface area contributed by atoms with E-state index < -0.39 is 0 Å². The minimum absolute atomic E-state index is 0.256. The molecule has 1 aromatic carbocycles. The summed E-state index contributed by atoms with van der Waals surface area (Å²) < 4.78 is 2.15. The molecule has 2 saturated heterocycles. The lowest BCUT2D eigenvalue weighted by Gasteiger charge is -2.38. The third-order valence-corrected chi connectivity index (χ3v) is 9.56. The second kappa shape index (κ2) is 13.0. The van der Waals surface area contributed by atoms with Crippen LogP contribution in [0.2, 0.25) is 5.02 Å². The number of amides is 3. The van der Waals surface area contributed by atoms with Crippen molar-refractivity contribution < 1.29 is 9.59 Å². The fraction of sp³-hybridized carbons (Fsp3) is 0.571. The normalized spacial score (nSPS) is 23.1. The molecule has 1 unspecified atom stereocenters. The molecule has 3 amide bonds. The lowest BCUT2D eigenvalue weighted by molar-refractivity contribution is -0.134. The second-order valence-corrected chi connectivity index (χ2v) is 12.8. The number of hydrogen-bond acceptors (Lipinski definition) is 3. The van der Waals surface area contributed by atoms with Gasteiger partial charge in [-0.2, -0.15) is 0 Å². The van der Waals surface area contributed by atoms with Crippen molar-refractivity contribution in [3.63, 3.8) is 0 Å². The molecule has 2 fully saturated rings. The Morgan fingerprint density at radius 2 is 1.78 bits per heavy atom. The van der Waals surface area contributed by atoms with E-state index in [1.54, 1.807) is 4.90 Å². The number of benzene rings is 1. The Morgan fingerprint density at radius 1 is 1.11 bits per heavy atom. The van der Waals surface area contributed by atoms with Gasteiger partial charge in [-0.1, -0.05) is 33.1 Å². The monoisotopic (exact) mass is 654 g/mol. The number of halogens is 3. The number of rotatable bonds is 5. The number of aryl methyl sites for hydroxylation is 1. The maximum absolute atomic E-state index is 13.1. The van der Waals surface area contributed by atoms with E-state index in [0.717, 1.165) is 72.0 Å². The number of carbonyl (C=O) groups is 2. The van der Waals surface area contributed by atoms with Gasteiger partial charge in [-0.15, -0.1) is 0 Å². The average molecular weight is 657 g/mol. The predicted octanol–water partition coefficient (Wildman–Crippen LogP) is 6.32. The summed E-state index contributed by atoms with van der Waals surface area (Å²) in [4.78, 5) is 28.2. The summed E-state index contributed by atoms with van der Waals surface area (Å²) in [5, 5.41) is 3.87. The molecule has 202 valence electrons. The molecule has 3 N–H and O–H groups in total. The highest BCUT2D eigenvalue weighted by molar-refractivity contribution is 9.12. The lowest BCUT2D eigenvalue weighted by Crippen LogP contribution is -2.44. The number of nitrogens with one attached hydrogen (secondary N) is 1. The molecular weight excluding hydrogens is 620 g/mol. The van der Waals surface area contributed by atoms with Gasteiger partial charge in [0.25, 0.3) is 0 Å². The van der Waals surface area contributed by atoms with Crippen molar-refractivity contribution in [3.05, 3.63) is 55.1 Å². The van der Waals surface area contributed by atoms with Crippen molar-refractivity contribution in [2.24, 2.45) is 17.6 Å². The molecule has 1 aromatic rings. The van der Waals surface area contributed by atoms with Crippen LogP contribution < -0.4 is 11.1 Å². The average Bonchev–Trinajstić information content (AvgIpc) is 3.04. The van der Waals surface area contributed by atoms with Crippen LogP contribution in [0.5, 0.6) is 0 Å². The molecular formula is C28H37Br2ClN4O2. The Balaban J connectivity index is 1.43. The molecule has 2 aliphatic heterocycles. The molecule has 9 heteroatoms. The number of primary amides is 1. The maximum atomic E-state index is 13.1. The van der Waals surface area contributed by atoms with Gasteiger partial charge in [0, 0.05) is 59.8 Å². The SMILES string of the molecule is CN/C=C(Br)\C=C1\CCc2cc(Cl)cc(Br)c2C(C2CCN(C(=O)CC3CCN(C(N)=O)CC3)CC2)C1. The molecule has 0 aromatic heterocycles. The zero-order valence-electron chi connectivity index (χ0n) is 21.4. The second-order valence-electron chi connectivity index (χ2n) is 10.6. The molecule has 37 heavy (non-hydrogen) atoms. The first-order chi connectivity index (χ1) is 17.7. The highest BCUT2D eigenvalue weighted by atomic mass is 79.9. The number of carbonyl (C=O) groups excluding carboxylic acids is 2. The number of nitrogens with two attached hydrogens (primary N) is 1. The number of urea groups is 1. The molecule has 0 radical (unpaired) electrons. The summed E-state index contributed by atoms with van der Waals surface area (Å²) in [6.45, 7) is 2.93. The van der Waals surface area contributed by atoms with E-state index in [1.807, 2.05) is 19.3 Å². The van der Waals surface area contributed by atoms with Gasteiger partial charge >= 0.3 is 6.03 Å². The fourth-order valence-corrected chi connectivity index (χ4v) is 7.96. The summed E-state index contributed by atoms with van der Waals surface area (Å²) in [5.41, 5.74) is 9.56. The molecule has 1 aliphatic carbocycles. The number of allylic oxidation sites excluding steroid dienone is 3. The standard InChI is InChI=1S/C28H37Br2ClN4O2/c1-33-17-22(29)12-19-2-3-21-15-23(31)16-25(30)27(21)24(13-19)20-6-10-34(11-7-20)26(36)14-18-4-8-35(9-5-18)28(32)37/h12,15-18,20,24,33H,2-11,13-14H2,1H3,(H2,32,37)/b19-12-,22-17+. The van der Waals surface area contributed by atoms with Crippen LogP contribution in [0.4, 0.5) is 4.79 Å². The first kappa shape index (κ1) is 28.5. The predicted molar refractivity (Wildman–Crippen MR) is 157 cm³/mol. The Morgan fingerprint density at radius 3 is 2.43 bits per heavy atom. The van der Waals surface area contributed by atoms with Crippen molar-refractivity contribution in [2.75, 3.05) is 33.2 Å². The summed E-state index contributed by atoms with van der Waals surface area (Å²) >= 11 is 14.0. The van der Waals surface area contributed by atoms with Crippen LogP contribution >= 0.6 is 43.5 Å². The van der Waals surface area contributed by atoms with Crippen molar-refractivity contribution in [1.29, 1.82) is 0 Å². The Bertz CT molecular complexity index is 1060. The third-order valence-electron chi connectivity index (χ3n) is 8.22. The zero-order chi connectivity index (χ0) is 26.5. The largest absolute Gasteiger partial charge is 0.393 e. The van der Waals surface area contributed by atoms with Gasteiger partial charge in [0.05, 0.1) is 0 Å². The molecule has 2 heterocycles. The third kappa shape index (κ3) is 7.33. The number of piperidine rings is 2. The van der Waals surface area contributed by atoms with Crippen LogP contribution in [-0.4, -0.2) is 55.0 Å². The summed E-state index contributed by atoms with van der Waals surface area (Å²) in [6, 6.07) is 3.81. The molecule has 3 aliphatic rings. The van der Waals surface area contributed by atoms with E-state index in [4.69, 9.17) is 17.3 Å². The molecule has 0 spiro atoms. The van der Waals surface area contributed by atoms with Gasteiger partial charge in [-0.25, -0.2) is 4.79 Å². The molecule has 4 rings (SSSR count). The quantitative estimate of drug-likeness (QED) is 0.364. The molecule has 0 bridgehead atoms. The first-order valence-corrected chi connectivity index (χ1v) is 15.2. The maximum Gasteiger partial charge on any atom is 0.314 e. The van der Waals surface area contributed by atoms with E-state index in [9.17, 15) is 9.59 Å². The van der Waals surface area contributed by atoms with Crippen LogP contribution in [-0.2, 0) is 11.2 Å². The minimum Gasteiger partial charge on any atom is -0.393 e. The number of likely N-dealkylation sites (tertiary alicyclic amines) is 2. The van der Waals surface area contributed by atoms with E-state index in [1.165, 1.54) is 16.7 Å². The van der Waals surface area contributed by atoms with Crippen LogP contribution in [0.25, 0.3) is 0 Å². The molecule has 1 atom stereocenters. The van der Waals surface area contributed by atoms with Gasteiger partial charge in [0.15, 0.2) is 0 Å². The summed E-state index contributed by atoms with van der Waals surface area (Å²) in [6.07, 6.45) is 11.5. The van der Waals surface area contributed by atoms with Crippen LogP contribution in [0.3, 0.4) is 0 Å². The van der Waals surface area contributed by atoms with Gasteiger partial charge in [0.2, 0.25) is 5.91 Å². The van der Waals surface area contributed by atoms with Crippen LogP contribution in [0.15, 0.2) is 38.9 Å². The minimum atomic E-state index is -0.357. The molecule has 0 saturated carbocycles. The van der Waals surface area contributed by atoms with E-state index >= 15 is 0 Å². The van der Waals surface area contributed by atoms with Crippen molar-refractivity contribution >= 4 is 55.4 Å². The summed E-state index contributed by atoms with van der Waals surface area (Å²) in [5.74, 6) is 1.49. The highest BCUT2D eigenvalue weighted by Gasteiger charge is 2.34. The fourth-order valence-electron chi connectivity index (χ4n) is 6.23. The van der Waals surface area contributed by atoms with Crippen LogP contribution in [0.1, 0.15) is 62.0 Å².